The van der Waals surface area contributed by atoms with Gasteiger partial charge in [0.2, 0.25) is 0 Å². The Hall–Kier alpha value is -1.00. The van der Waals surface area contributed by atoms with Crippen molar-refractivity contribution < 1.29 is 9.13 Å². The Kier molecular flexibility index (Phi) is 3.21. The van der Waals surface area contributed by atoms with Crippen LogP contribution < -0.4 is 5.32 Å². The van der Waals surface area contributed by atoms with Crippen LogP contribution in [0, 0.1) is 11.2 Å². The Bertz CT molecular complexity index is 368. The summed E-state index contributed by atoms with van der Waals surface area (Å²) in [5.41, 5.74) is 0.765. The molecule has 2 heterocycles. The molecule has 16 heavy (non-hydrogen) atoms. The molecule has 0 radical (unpaired) electrons. The zero-order valence-corrected chi connectivity index (χ0v) is 9.66. The predicted octanol–water partition coefficient (Wildman–Crippen LogP) is 1.74. The zero-order valence-electron chi connectivity index (χ0n) is 9.66. The van der Waals surface area contributed by atoms with E-state index >= 15 is 0 Å². The van der Waals surface area contributed by atoms with Crippen LogP contribution >= 0.6 is 0 Å². The summed E-state index contributed by atoms with van der Waals surface area (Å²) in [6.45, 7) is 6.27. The highest BCUT2D eigenvalue weighted by Crippen LogP contribution is 2.27. The van der Waals surface area contributed by atoms with Gasteiger partial charge in [0, 0.05) is 29.8 Å². The van der Waals surface area contributed by atoms with E-state index in [0.29, 0.717) is 18.7 Å². The van der Waals surface area contributed by atoms with Crippen molar-refractivity contribution in [1.82, 2.24) is 10.3 Å². The molecule has 1 aromatic rings. The standard InChI is InChI=1S/C12H17FN2O/c1-12(2)8-16-7-11(12)15-5-9-3-4-14-6-10(9)13/h3-4,6,11,15H,5,7-8H2,1-2H3/t11-/m1/s1. The molecule has 3 nitrogen and oxygen atoms in total. The molecular weight excluding hydrogens is 207 g/mol. The van der Waals surface area contributed by atoms with E-state index in [4.69, 9.17) is 4.74 Å². The maximum absolute atomic E-state index is 13.3. The molecule has 0 aliphatic carbocycles. The van der Waals surface area contributed by atoms with E-state index in [2.05, 4.69) is 24.1 Å². The number of pyridine rings is 1. The normalized spacial score (nSPS) is 23.6. The Morgan fingerprint density at radius 1 is 1.62 bits per heavy atom. The summed E-state index contributed by atoms with van der Waals surface area (Å²) >= 11 is 0. The van der Waals surface area contributed by atoms with Gasteiger partial charge in [0.05, 0.1) is 19.4 Å². The van der Waals surface area contributed by atoms with Crippen molar-refractivity contribution in [3.63, 3.8) is 0 Å². The number of nitrogens with one attached hydrogen (secondary N) is 1. The van der Waals surface area contributed by atoms with Crippen LogP contribution in [-0.4, -0.2) is 24.2 Å². The quantitative estimate of drug-likeness (QED) is 0.849. The Labute approximate surface area is 95.0 Å². The smallest absolute Gasteiger partial charge is 0.145 e. The van der Waals surface area contributed by atoms with E-state index in [1.807, 2.05) is 0 Å². The third kappa shape index (κ3) is 2.39. The van der Waals surface area contributed by atoms with Gasteiger partial charge in [0.1, 0.15) is 5.82 Å². The lowest BCUT2D eigenvalue weighted by Crippen LogP contribution is -2.40. The third-order valence-corrected chi connectivity index (χ3v) is 3.10. The van der Waals surface area contributed by atoms with E-state index in [-0.39, 0.29) is 17.3 Å². The van der Waals surface area contributed by atoms with Crippen molar-refractivity contribution in [1.29, 1.82) is 0 Å². The Morgan fingerprint density at radius 3 is 3.06 bits per heavy atom. The van der Waals surface area contributed by atoms with Gasteiger partial charge in [-0.05, 0) is 6.07 Å². The molecule has 1 aliphatic rings. The number of hydrogen-bond acceptors (Lipinski definition) is 3. The minimum atomic E-state index is -0.258. The lowest BCUT2D eigenvalue weighted by molar-refractivity contribution is 0.166. The number of nitrogens with zero attached hydrogens (tertiary/aromatic N) is 1. The molecule has 0 amide bonds. The first kappa shape index (κ1) is 11.5. The highest BCUT2D eigenvalue weighted by molar-refractivity contribution is 5.12. The molecule has 2 rings (SSSR count). The number of aromatic nitrogens is 1. The summed E-state index contributed by atoms with van der Waals surface area (Å²) in [6, 6.07) is 1.98. The van der Waals surface area contributed by atoms with Crippen molar-refractivity contribution in [2.45, 2.75) is 26.4 Å². The average Bonchev–Trinajstić information content (AvgIpc) is 2.57. The van der Waals surface area contributed by atoms with E-state index in [1.54, 1.807) is 12.3 Å². The molecule has 1 fully saturated rings. The lowest BCUT2D eigenvalue weighted by atomic mass is 9.88. The van der Waals surface area contributed by atoms with Crippen LogP contribution in [0.5, 0.6) is 0 Å². The van der Waals surface area contributed by atoms with Crippen molar-refractivity contribution in [2.24, 2.45) is 5.41 Å². The van der Waals surface area contributed by atoms with Crippen LogP contribution in [-0.2, 0) is 11.3 Å². The van der Waals surface area contributed by atoms with Crippen molar-refractivity contribution in [3.8, 4) is 0 Å². The van der Waals surface area contributed by atoms with Crippen LogP contribution in [0.15, 0.2) is 18.5 Å². The summed E-state index contributed by atoms with van der Waals surface area (Å²) in [6.07, 6.45) is 2.85. The molecule has 0 saturated carbocycles. The minimum absolute atomic E-state index is 0.115. The second-order valence-corrected chi connectivity index (χ2v) is 4.90. The summed E-state index contributed by atoms with van der Waals surface area (Å²) in [7, 11) is 0. The first-order valence-corrected chi connectivity index (χ1v) is 5.49. The highest BCUT2D eigenvalue weighted by Gasteiger charge is 2.35. The van der Waals surface area contributed by atoms with Crippen molar-refractivity contribution >= 4 is 0 Å². The number of rotatable bonds is 3. The van der Waals surface area contributed by atoms with Crippen LogP contribution in [0.3, 0.4) is 0 Å². The van der Waals surface area contributed by atoms with Gasteiger partial charge < -0.3 is 10.1 Å². The first-order chi connectivity index (χ1) is 7.59. The van der Waals surface area contributed by atoms with E-state index < -0.39 is 0 Å². The van der Waals surface area contributed by atoms with Gasteiger partial charge in [0.25, 0.3) is 0 Å². The van der Waals surface area contributed by atoms with Gasteiger partial charge >= 0.3 is 0 Å². The molecule has 1 saturated heterocycles. The van der Waals surface area contributed by atoms with Crippen molar-refractivity contribution in [2.75, 3.05) is 13.2 Å². The number of ether oxygens (including phenoxy) is 1. The largest absolute Gasteiger partial charge is 0.379 e. The minimum Gasteiger partial charge on any atom is -0.379 e. The summed E-state index contributed by atoms with van der Waals surface area (Å²) in [5.74, 6) is -0.258. The third-order valence-electron chi connectivity index (χ3n) is 3.10. The fourth-order valence-electron chi connectivity index (χ4n) is 1.88. The van der Waals surface area contributed by atoms with Crippen LogP contribution in [0.25, 0.3) is 0 Å². The van der Waals surface area contributed by atoms with E-state index in [9.17, 15) is 4.39 Å². The van der Waals surface area contributed by atoms with Gasteiger partial charge in [0.15, 0.2) is 0 Å². The Morgan fingerprint density at radius 2 is 2.44 bits per heavy atom. The SMILES string of the molecule is CC1(C)COC[C@H]1NCc1ccncc1F. The molecule has 1 atom stereocenters. The zero-order chi connectivity index (χ0) is 11.6. The van der Waals surface area contributed by atoms with E-state index in [1.165, 1.54) is 6.20 Å². The molecule has 88 valence electrons. The molecule has 0 bridgehead atoms. The molecule has 0 aromatic carbocycles. The number of halogens is 1. The second-order valence-electron chi connectivity index (χ2n) is 4.90. The molecule has 1 aromatic heterocycles. The van der Waals surface area contributed by atoms with Gasteiger partial charge in [-0.15, -0.1) is 0 Å². The number of hydrogen-bond donors (Lipinski definition) is 1. The molecular formula is C12H17FN2O. The maximum Gasteiger partial charge on any atom is 0.145 e. The summed E-state index contributed by atoms with van der Waals surface area (Å²) < 4.78 is 18.7. The Balaban J connectivity index is 1.95. The van der Waals surface area contributed by atoms with E-state index in [0.717, 1.165) is 6.61 Å². The molecule has 1 N–H and O–H groups in total. The van der Waals surface area contributed by atoms with Crippen molar-refractivity contribution in [3.05, 3.63) is 29.8 Å². The van der Waals surface area contributed by atoms with Gasteiger partial charge in [-0.2, -0.15) is 0 Å². The topological polar surface area (TPSA) is 34.1 Å². The van der Waals surface area contributed by atoms with Gasteiger partial charge in [-0.1, -0.05) is 13.8 Å². The maximum atomic E-state index is 13.3. The molecule has 1 aliphatic heterocycles. The monoisotopic (exact) mass is 224 g/mol. The van der Waals surface area contributed by atoms with Gasteiger partial charge in [-0.3, -0.25) is 4.98 Å². The fourth-order valence-corrected chi connectivity index (χ4v) is 1.88. The highest BCUT2D eigenvalue weighted by atomic mass is 19.1. The lowest BCUT2D eigenvalue weighted by Gasteiger charge is -2.25. The molecule has 0 spiro atoms. The predicted molar refractivity (Wildman–Crippen MR) is 59.4 cm³/mol. The second kappa shape index (κ2) is 4.47. The molecule has 4 heteroatoms. The van der Waals surface area contributed by atoms with Crippen LogP contribution in [0.1, 0.15) is 19.4 Å². The summed E-state index contributed by atoms with van der Waals surface area (Å²) in [5, 5.41) is 3.34. The fraction of sp³-hybridized carbons (Fsp3) is 0.583. The van der Waals surface area contributed by atoms with Gasteiger partial charge in [-0.25, -0.2) is 4.39 Å². The molecule has 0 unspecified atom stereocenters. The van der Waals surface area contributed by atoms with Crippen LogP contribution in [0.2, 0.25) is 0 Å². The average molecular weight is 224 g/mol. The summed E-state index contributed by atoms with van der Waals surface area (Å²) in [4.78, 5) is 3.73. The first-order valence-electron chi connectivity index (χ1n) is 5.49. The van der Waals surface area contributed by atoms with Crippen LogP contribution in [0.4, 0.5) is 4.39 Å².